The summed E-state index contributed by atoms with van der Waals surface area (Å²) in [5.74, 6) is -0.606. The van der Waals surface area contributed by atoms with Crippen LogP contribution in [0.4, 0.5) is 16.2 Å². The van der Waals surface area contributed by atoms with Gasteiger partial charge < -0.3 is 25.0 Å². The van der Waals surface area contributed by atoms with E-state index in [4.69, 9.17) is 4.74 Å². The molecule has 3 atom stereocenters. The lowest BCUT2D eigenvalue weighted by Crippen LogP contribution is -2.50. The van der Waals surface area contributed by atoms with Crippen LogP contribution < -0.4 is 14.8 Å². The van der Waals surface area contributed by atoms with Gasteiger partial charge in [-0.05, 0) is 43.3 Å². The number of nitrogens with one attached hydrogen (secondary N) is 2. The number of benzene rings is 3. The fourth-order valence-corrected chi connectivity index (χ4v) is 5.52. The Bertz CT molecular complexity index is 1440. The van der Waals surface area contributed by atoms with Gasteiger partial charge in [-0.15, -0.1) is 0 Å². The minimum Gasteiger partial charge on any atom is -0.485 e. The normalized spacial score (nSPS) is 18.0. The number of fused-ring (bicyclic) bond motifs is 1. The number of hydrogen-bond acceptors (Lipinski definition) is 6. The van der Waals surface area contributed by atoms with Gasteiger partial charge in [0.05, 0.1) is 35.3 Å². The lowest BCUT2D eigenvalue weighted by atomic mass is 9.99. The first-order valence-electron chi connectivity index (χ1n) is 13.0. The quantitative estimate of drug-likeness (QED) is 0.380. The number of anilines is 2. The van der Waals surface area contributed by atoms with Gasteiger partial charge in [0, 0.05) is 25.2 Å². The van der Waals surface area contributed by atoms with E-state index in [0.29, 0.717) is 5.69 Å². The highest BCUT2D eigenvalue weighted by molar-refractivity contribution is 7.92. The fraction of sp³-hybridized carbons (Fsp3) is 0.310. The van der Waals surface area contributed by atoms with Crippen LogP contribution in [0.15, 0.2) is 83.8 Å². The van der Waals surface area contributed by atoms with Gasteiger partial charge >= 0.3 is 6.03 Å². The molecule has 0 saturated heterocycles. The Balaban J connectivity index is 1.69. The molecule has 0 radical (unpaired) electrons. The first kappa shape index (κ1) is 28.9. The van der Waals surface area contributed by atoms with Crippen molar-refractivity contribution in [3.05, 3.63) is 84.4 Å². The highest BCUT2D eigenvalue weighted by Crippen LogP contribution is 2.36. The van der Waals surface area contributed by atoms with Crippen LogP contribution in [-0.4, -0.2) is 74.2 Å². The van der Waals surface area contributed by atoms with Crippen LogP contribution in [0.25, 0.3) is 0 Å². The number of carbonyl (C=O) groups excluding carboxylic acids is 2. The Morgan fingerprint density at radius 1 is 1.07 bits per heavy atom. The highest BCUT2D eigenvalue weighted by Gasteiger charge is 2.35. The molecule has 10 nitrogen and oxygen atoms in total. The summed E-state index contributed by atoms with van der Waals surface area (Å²) in [5, 5.41) is 12.7. The van der Waals surface area contributed by atoms with E-state index in [1.165, 1.54) is 23.1 Å². The second-order valence-corrected chi connectivity index (χ2v) is 11.6. The number of aliphatic hydroxyl groups excluding tert-OH is 1. The van der Waals surface area contributed by atoms with Crippen molar-refractivity contribution in [3.63, 3.8) is 0 Å². The minimum absolute atomic E-state index is 0.0579. The molecule has 3 N–H and O–H groups in total. The van der Waals surface area contributed by atoms with Crippen molar-refractivity contribution < 1.29 is 27.9 Å². The number of sulfonamides is 1. The molecule has 212 valence electrons. The monoisotopic (exact) mass is 566 g/mol. The topological polar surface area (TPSA) is 128 Å². The number of likely N-dealkylation sites (N-methyl/N-ethyl adjacent to an activating group) is 1. The van der Waals surface area contributed by atoms with E-state index in [2.05, 4.69) is 10.0 Å². The van der Waals surface area contributed by atoms with Crippen LogP contribution >= 0.6 is 0 Å². The Labute approximate surface area is 234 Å². The summed E-state index contributed by atoms with van der Waals surface area (Å²) >= 11 is 0. The first-order chi connectivity index (χ1) is 19.1. The van der Waals surface area contributed by atoms with Gasteiger partial charge in [0.2, 0.25) is 0 Å². The molecule has 3 aromatic rings. The third kappa shape index (κ3) is 6.54. The molecule has 0 unspecified atom stereocenters. The third-order valence-electron chi connectivity index (χ3n) is 6.81. The van der Waals surface area contributed by atoms with Crippen LogP contribution in [0, 0.1) is 5.92 Å². The van der Waals surface area contributed by atoms with Gasteiger partial charge in [0.15, 0.2) is 5.75 Å². The number of amides is 3. The average molecular weight is 567 g/mol. The standard InChI is InChI=1S/C29H34N4O6S/c1-20-17-33(21(2)19-34)28(35)24-15-10-16-25(31-40(37,38)23-13-8-5-9-14-23)27(24)39-26(20)18-32(3)29(36)30-22-11-6-4-7-12-22/h4-16,20-21,26,31,34H,17-19H2,1-3H3,(H,30,36)/t20-,21+,26+/m1/s1. The van der Waals surface area contributed by atoms with Crippen LogP contribution in [0.2, 0.25) is 0 Å². The second-order valence-electron chi connectivity index (χ2n) is 9.90. The molecule has 1 aliphatic rings. The molecule has 3 amide bonds. The molecule has 4 rings (SSSR count). The van der Waals surface area contributed by atoms with Crippen LogP contribution in [-0.2, 0) is 10.0 Å². The van der Waals surface area contributed by atoms with Gasteiger partial charge in [0.1, 0.15) is 6.10 Å². The van der Waals surface area contributed by atoms with Gasteiger partial charge in [-0.1, -0.05) is 49.4 Å². The number of urea groups is 1. The lowest BCUT2D eigenvalue weighted by Gasteiger charge is -2.38. The number of para-hydroxylation sites is 2. The molecule has 3 aromatic carbocycles. The number of hydrogen-bond donors (Lipinski definition) is 3. The van der Waals surface area contributed by atoms with Crippen LogP contribution in [0.5, 0.6) is 5.75 Å². The zero-order valence-electron chi connectivity index (χ0n) is 22.7. The van der Waals surface area contributed by atoms with Crippen LogP contribution in [0.1, 0.15) is 24.2 Å². The number of ether oxygens (including phenoxy) is 1. The summed E-state index contributed by atoms with van der Waals surface area (Å²) in [6.07, 6.45) is -0.617. The van der Waals surface area contributed by atoms with Crippen LogP contribution in [0.3, 0.4) is 0 Å². The largest absolute Gasteiger partial charge is 0.485 e. The maximum atomic E-state index is 13.6. The molecule has 0 bridgehead atoms. The van der Waals surface area contributed by atoms with E-state index < -0.39 is 28.1 Å². The summed E-state index contributed by atoms with van der Waals surface area (Å²) < 4.78 is 35.3. The summed E-state index contributed by atoms with van der Waals surface area (Å²) in [6, 6.07) is 20.8. The maximum absolute atomic E-state index is 13.6. The van der Waals surface area contributed by atoms with E-state index >= 15 is 0 Å². The number of carbonyl (C=O) groups is 2. The van der Waals surface area contributed by atoms with E-state index in [-0.39, 0.29) is 53.5 Å². The van der Waals surface area contributed by atoms with Crippen molar-refractivity contribution in [3.8, 4) is 5.75 Å². The predicted molar refractivity (Wildman–Crippen MR) is 153 cm³/mol. The molecule has 0 aromatic heterocycles. The Hall–Kier alpha value is -4.09. The molecule has 0 saturated carbocycles. The number of aliphatic hydroxyl groups is 1. The summed E-state index contributed by atoms with van der Waals surface area (Å²) in [4.78, 5) is 29.7. The van der Waals surface area contributed by atoms with Crippen molar-refractivity contribution in [2.24, 2.45) is 5.92 Å². The molecule has 1 aliphatic heterocycles. The Morgan fingerprint density at radius 3 is 2.38 bits per heavy atom. The molecule has 0 aliphatic carbocycles. The van der Waals surface area contributed by atoms with Crippen molar-refractivity contribution >= 4 is 33.3 Å². The van der Waals surface area contributed by atoms with Gasteiger partial charge in [-0.2, -0.15) is 0 Å². The van der Waals surface area contributed by atoms with E-state index in [1.807, 2.05) is 25.1 Å². The van der Waals surface area contributed by atoms with Crippen molar-refractivity contribution in [2.45, 2.75) is 30.9 Å². The van der Waals surface area contributed by atoms with E-state index in [9.17, 15) is 23.1 Å². The first-order valence-corrected chi connectivity index (χ1v) is 14.5. The number of rotatable bonds is 8. The van der Waals surface area contributed by atoms with Gasteiger partial charge in [-0.3, -0.25) is 9.52 Å². The smallest absolute Gasteiger partial charge is 0.321 e. The molecule has 1 heterocycles. The molecule has 11 heteroatoms. The molecule has 40 heavy (non-hydrogen) atoms. The van der Waals surface area contributed by atoms with Gasteiger partial charge in [-0.25, -0.2) is 13.2 Å². The van der Waals surface area contributed by atoms with E-state index in [0.717, 1.165) is 0 Å². The van der Waals surface area contributed by atoms with Crippen molar-refractivity contribution in [1.29, 1.82) is 0 Å². The van der Waals surface area contributed by atoms with Crippen molar-refractivity contribution in [2.75, 3.05) is 36.8 Å². The average Bonchev–Trinajstić information content (AvgIpc) is 2.95. The zero-order valence-corrected chi connectivity index (χ0v) is 23.5. The van der Waals surface area contributed by atoms with Crippen molar-refractivity contribution in [1.82, 2.24) is 9.80 Å². The summed E-state index contributed by atoms with van der Waals surface area (Å²) in [6.45, 7) is 3.79. The Kier molecular flexibility index (Phi) is 8.96. The lowest BCUT2D eigenvalue weighted by molar-refractivity contribution is 0.0373. The van der Waals surface area contributed by atoms with Gasteiger partial charge in [0.25, 0.3) is 15.9 Å². The second kappa shape index (κ2) is 12.4. The molecule has 0 fully saturated rings. The summed E-state index contributed by atoms with van der Waals surface area (Å²) in [5.41, 5.74) is 0.895. The SMILES string of the molecule is C[C@@H]1CN([C@@H](C)CO)C(=O)c2cccc(NS(=O)(=O)c3ccccc3)c2O[C@H]1CN(C)C(=O)Nc1ccccc1. The van der Waals surface area contributed by atoms with E-state index in [1.54, 1.807) is 61.3 Å². The number of nitrogens with zero attached hydrogens (tertiary/aromatic N) is 2. The molecular weight excluding hydrogens is 532 g/mol. The fourth-order valence-electron chi connectivity index (χ4n) is 4.44. The minimum atomic E-state index is -3.99. The molecule has 0 spiro atoms. The zero-order chi connectivity index (χ0) is 28.9. The third-order valence-corrected chi connectivity index (χ3v) is 8.20. The Morgan fingerprint density at radius 2 is 1.73 bits per heavy atom. The maximum Gasteiger partial charge on any atom is 0.321 e. The molecular formula is C29H34N4O6S. The summed E-state index contributed by atoms with van der Waals surface area (Å²) in [7, 11) is -2.36. The predicted octanol–water partition coefficient (Wildman–Crippen LogP) is 3.87. The highest BCUT2D eigenvalue weighted by atomic mass is 32.2.